The quantitative estimate of drug-likeness (QED) is 0.697. The van der Waals surface area contributed by atoms with E-state index in [1.165, 1.54) is 0 Å². The van der Waals surface area contributed by atoms with Crippen LogP contribution in [0.2, 0.25) is 0 Å². The fraction of sp³-hybridized carbons (Fsp3) is 0.571. The SMILES string of the molecule is COCC(C)COCC(OC)c1ccccc1. The number of methoxy groups -OCH3 is 2. The maximum atomic E-state index is 5.65. The minimum atomic E-state index is 0.00550. The predicted octanol–water partition coefficient (Wildman–Crippen LogP) is 2.67. The summed E-state index contributed by atoms with van der Waals surface area (Å²) in [5.74, 6) is 0.410. The van der Waals surface area contributed by atoms with Crippen LogP contribution in [0.3, 0.4) is 0 Å². The summed E-state index contributed by atoms with van der Waals surface area (Å²) in [5.41, 5.74) is 1.15. The van der Waals surface area contributed by atoms with Crippen LogP contribution in [0.4, 0.5) is 0 Å². The van der Waals surface area contributed by atoms with Crippen LogP contribution < -0.4 is 0 Å². The zero-order valence-corrected chi connectivity index (χ0v) is 10.9. The van der Waals surface area contributed by atoms with Crippen LogP contribution in [0.15, 0.2) is 30.3 Å². The second-order valence-electron chi connectivity index (χ2n) is 4.23. The highest BCUT2D eigenvalue weighted by Gasteiger charge is 2.11. The van der Waals surface area contributed by atoms with Gasteiger partial charge in [-0.3, -0.25) is 0 Å². The molecule has 0 aromatic heterocycles. The van der Waals surface area contributed by atoms with Crippen molar-refractivity contribution in [3.8, 4) is 0 Å². The Balaban J connectivity index is 2.33. The first-order valence-electron chi connectivity index (χ1n) is 5.92. The van der Waals surface area contributed by atoms with Gasteiger partial charge in [-0.15, -0.1) is 0 Å². The molecule has 96 valence electrons. The van der Waals surface area contributed by atoms with Crippen molar-refractivity contribution in [3.63, 3.8) is 0 Å². The monoisotopic (exact) mass is 238 g/mol. The van der Waals surface area contributed by atoms with Gasteiger partial charge in [-0.2, -0.15) is 0 Å². The van der Waals surface area contributed by atoms with Crippen molar-refractivity contribution in [1.29, 1.82) is 0 Å². The van der Waals surface area contributed by atoms with Gasteiger partial charge < -0.3 is 14.2 Å². The summed E-state index contributed by atoms with van der Waals surface area (Å²) in [5, 5.41) is 0. The van der Waals surface area contributed by atoms with Gasteiger partial charge in [0.25, 0.3) is 0 Å². The summed E-state index contributed by atoms with van der Waals surface area (Å²) in [6.07, 6.45) is 0.00550. The fourth-order valence-electron chi connectivity index (χ4n) is 1.68. The lowest BCUT2D eigenvalue weighted by Crippen LogP contribution is -2.16. The van der Waals surface area contributed by atoms with Gasteiger partial charge in [-0.25, -0.2) is 0 Å². The molecule has 0 aliphatic rings. The average Bonchev–Trinajstić information content (AvgIpc) is 2.36. The molecule has 0 bridgehead atoms. The molecule has 1 rings (SSSR count). The lowest BCUT2D eigenvalue weighted by atomic mass is 10.1. The van der Waals surface area contributed by atoms with Gasteiger partial charge in [0.2, 0.25) is 0 Å². The first-order chi connectivity index (χ1) is 8.27. The Morgan fingerprint density at radius 2 is 1.71 bits per heavy atom. The second kappa shape index (κ2) is 8.23. The molecule has 0 saturated heterocycles. The number of rotatable bonds is 8. The third kappa shape index (κ3) is 5.31. The van der Waals surface area contributed by atoms with E-state index in [9.17, 15) is 0 Å². The van der Waals surface area contributed by atoms with E-state index in [1.54, 1.807) is 14.2 Å². The van der Waals surface area contributed by atoms with Crippen LogP contribution in [0.5, 0.6) is 0 Å². The maximum Gasteiger partial charge on any atom is 0.105 e. The molecule has 0 radical (unpaired) electrons. The van der Waals surface area contributed by atoms with Gasteiger partial charge in [0.05, 0.1) is 19.8 Å². The lowest BCUT2D eigenvalue weighted by Gasteiger charge is -2.17. The van der Waals surface area contributed by atoms with E-state index in [4.69, 9.17) is 14.2 Å². The summed E-state index contributed by atoms with van der Waals surface area (Å²) in [6, 6.07) is 10.1. The van der Waals surface area contributed by atoms with Crippen molar-refractivity contribution in [1.82, 2.24) is 0 Å². The molecular weight excluding hydrogens is 216 g/mol. The molecule has 0 saturated carbocycles. The summed E-state index contributed by atoms with van der Waals surface area (Å²) in [4.78, 5) is 0. The molecule has 0 spiro atoms. The van der Waals surface area contributed by atoms with Crippen molar-refractivity contribution in [2.45, 2.75) is 13.0 Å². The zero-order chi connectivity index (χ0) is 12.5. The normalized spacial score (nSPS) is 14.5. The number of hydrogen-bond donors (Lipinski definition) is 0. The molecule has 0 aliphatic carbocycles. The Hall–Kier alpha value is -0.900. The molecule has 2 unspecified atom stereocenters. The minimum absolute atomic E-state index is 0.00550. The van der Waals surface area contributed by atoms with E-state index in [1.807, 2.05) is 18.2 Å². The highest BCUT2D eigenvalue weighted by atomic mass is 16.5. The van der Waals surface area contributed by atoms with E-state index >= 15 is 0 Å². The van der Waals surface area contributed by atoms with Crippen LogP contribution in [0, 0.1) is 5.92 Å². The Bertz CT molecular complexity index is 287. The third-order valence-electron chi connectivity index (χ3n) is 2.58. The second-order valence-corrected chi connectivity index (χ2v) is 4.23. The predicted molar refractivity (Wildman–Crippen MR) is 68.1 cm³/mol. The Labute approximate surface area is 104 Å². The molecule has 17 heavy (non-hydrogen) atoms. The van der Waals surface area contributed by atoms with Gasteiger partial charge >= 0.3 is 0 Å². The first-order valence-corrected chi connectivity index (χ1v) is 5.92. The minimum Gasteiger partial charge on any atom is -0.384 e. The molecule has 0 N–H and O–H groups in total. The van der Waals surface area contributed by atoms with Crippen LogP contribution in [-0.4, -0.2) is 34.0 Å². The zero-order valence-electron chi connectivity index (χ0n) is 10.9. The highest BCUT2D eigenvalue weighted by molar-refractivity contribution is 5.17. The molecule has 0 aliphatic heterocycles. The molecule has 0 heterocycles. The molecule has 0 amide bonds. The van der Waals surface area contributed by atoms with E-state index in [0.717, 1.165) is 12.2 Å². The van der Waals surface area contributed by atoms with E-state index in [0.29, 0.717) is 19.1 Å². The Morgan fingerprint density at radius 3 is 2.29 bits per heavy atom. The van der Waals surface area contributed by atoms with Gasteiger partial charge in [0.15, 0.2) is 0 Å². The van der Waals surface area contributed by atoms with Crippen molar-refractivity contribution >= 4 is 0 Å². The Kier molecular flexibility index (Phi) is 6.86. The fourth-order valence-corrected chi connectivity index (χ4v) is 1.68. The summed E-state index contributed by atoms with van der Waals surface area (Å²) in [7, 11) is 3.41. The number of hydrogen-bond acceptors (Lipinski definition) is 3. The van der Waals surface area contributed by atoms with Gasteiger partial charge in [-0.1, -0.05) is 37.3 Å². The summed E-state index contributed by atoms with van der Waals surface area (Å²) >= 11 is 0. The maximum absolute atomic E-state index is 5.65. The average molecular weight is 238 g/mol. The topological polar surface area (TPSA) is 27.7 Å². The van der Waals surface area contributed by atoms with Crippen molar-refractivity contribution in [2.75, 3.05) is 34.0 Å². The van der Waals surface area contributed by atoms with E-state index < -0.39 is 0 Å². The van der Waals surface area contributed by atoms with E-state index in [2.05, 4.69) is 19.1 Å². The summed E-state index contributed by atoms with van der Waals surface area (Å²) in [6.45, 7) is 4.10. The molecule has 1 aromatic rings. The standard InChI is InChI=1S/C14H22O3/c1-12(9-15-2)10-17-11-14(16-3)13-7-5-4-6-8-13/h4-8,12,14H,9-11H2,1-3H3. The van der Waals surface area contributed by atoms with Gasteiger partial charge in [0, 0.05) is 20.1 Å². The molecule has 3 nitrogen and oxygen atoms in total. The molecule has 2 atom stereocenters. The molecule has 3 heteroatoms. The van der Waals surface area contributed by atoms with Crippen molar-refractivity contribution in [2.24, 2.45) is 5.92 Å². The van der Waals surface area contributed by atoms with Gasteiger partial charge in [0.1, 0.15) is 6.10 Å². The van der Waals surface area contributed by atoms with E-state index in [-0.39, 0.29) is 6.10 Å². The highest BCUT2D eigenvalue weighted by Crippen LogP contribution is 2.16. The van der Waals surface area contributed by atoms with Gasteiger partial charge in [-0.05, 0) is 5.56 Å². The van der Waals surface area contributed by atoms with Crippen LogP contribution in [-0.2, 0) is 14.2 Å². The third-order valence-corrected chi connectivity index (χ3v) is 2.58. The van der Waals surface area contributed by atoms with Crippen molar-refractivity contribution < 1.29 is 14.2 Å². The van der Waals surface area contributed by atoms with Crippen LogP contribution in [0.25, 0.3) is 0 Å². The van der Waals surface area contributed by atoms with Crippen LogP contribution in [0.1, 0.15) is 18.6 Å². The molecular formula is C14H22O3. The molecule has 1 aromatic carbocycles. The molecule has 0 fully saturated rings. The van der Waals surface area contributed by atoms with Crippen molar-refractivity contribution in [3.05, 3.63) is 35.9 Å². The largest absolute Gasteiger partial charge is 0.384 e. The van der Waals surface area contributed by atoms with Crippen LogP contribution >= 0.6 is 0 Å². The Morgan fingerprint density at radius 1 is 1.00 bits per heavy atom. The lowest BCUT2D eigenvalue weighted by molar-refractivity contribution is -0.0108. The number of ether oxygens (including phenoxy) is 3. The first kappa shape index (κ1) is 14.2. The summed E-state index contributed by atoms with van der Waals surface area (Å²) < 4.78 is 16.1. The smallest absolute Gasteiger partial charge is 0.105 e. The number of benzene rings is 1.